The number of para-hydroxylation sites is 2. The molecule has 0 aliphatic carbocycles. The molecule has 0 radical (unpaired) electrons. The molecule has 0 aliphatic heterocycles. The quantitative estimate of drug-likeness (QED) is 0.184. The summed E-state index contributed by atoms with van der Waals surface area (Å²) in [6.07, 6.45) is 0. The minimum atomic E-state index is 0.911. The Balaban J connectivity index is 0.000000188. The van der Waals surface area contributed by atoms with E-state index in [2.05, 4.69) is 117 Å². The van der Waals surface area contributed by atoms with E-state index in [9.17, 15) is 0 Å². The van der Waals surface area contributed by atoms with Gasteiger partial charge in [0, 0.05) is 37.9 Å². The summed E-state index contributed by atoms with van der Waals surface area (Å²) in [5, 5.41) is 6.98. The van der Waals surface area contributed by atoms with Crippen LogP contribution in [0.3, 0.4) is 0 Å². The van der Waals surface area contributed by atoms with E-state index in [4.69, 9.17) is 13.3 Å². The van der Waals surface area contributed by atoms with Crippen LogP contribution in [-0.2, 0) is 0 Å². The molecule has 3 heterocycles. The molecule has 0 amide bonds. The Morgan fingerprint density at radius 2 is 0.765 bits per heavy atom. The van der Waals surface area contributed by atoms with Crippen LogP contribution in [0.25, 0.3) is 88.1 Å². The average Bonchev–Trinajstić information content (AvgIpc) is 3.87. The highest BCUT2D eigenvalue weighted by Crippen LogP contribution is 2.41. The Kier molecular flexibility index (Phi) is 9.46. The molecule has 0 saturated carbocycles. The van der Waals surface area contributed by atoms with Crippen molar-refractivity contribution in [3.63, 3.8) is 0 Å². The van der Waals surface area contributed by atoms with Gasteiger partial charge in [-0.1, -0.05) is 124 Å². The first-order chi connectivity index (χ1) is 25.1. The maximum Gasteiger partial charge on any atom is 0.143 e. The maximum absolute atomic E-state index is 6.34. The Morgan fingerprint density at radius 1 is 0.314 bits per heavy atom. The first-order valence-corrected chi connectivity index (χ1v) is 17.9. The van der Waals surface area contributed by atoms with Gasteiger partial charge in [-0.15, -0.1) is 0 Å². The Bertz CT molecular complexity index is 2760. The van der Waals surface area contributed by atoms with Crippen molar-refractivity contribution in [2.45, 2.75) is 41.5 Å². The molecule has 10 aromatic rings. The summed E-state index contributed by atoms with van der Waals surface area (Å²) in [5.41, 5.74) is 12.7. The van der Waals surface area contributed by atoms with Crippen molar-refractivity contribution in [1.29, 1.82) is 0 Å². The fourth-order valence-corrected chi connectivity index (χ4v) is 6.74. The third-order valence-electron chi connectivity index (χ3n) is 9.05. The van der Waals surface area contributed by atoms with Crippen LogP contribution in [0.4, 0.5) is 0 Å². The molecule has 0 spiro atoms. The molecule has 0 fully saturated rings. The highest BCUT2D eigenvalue weighted by Gasteiger charge is 2.16. The third kappa shape index (κ3) is 6.28. The third-order valence-corrected chi connectivity index (χ3v) is 9.05. The average molecular weight is 667 g/mol. The van der Waals surface area contributed by atoms with Gasteiger partial charge in [-0.2, -0.15) is 0 Å². The van der Waals surface area contributed by atoms with E-state index in [1.165, 1.54) is 21.9 Å². The summed E-state index contributed by atoms with van der Waals surface area (Å²) in [4.78, 5) is 0. The van der Waals surface area contributed by atoms with Gasteiger partial charge in [-0.05, 0) is 91.2 Å². The molecule has 252 valence electrons. The molecule has 0 aliphatic rings. The zero-order valence-electron chi connectivity index (χ0n) is 30.1. The molecular formula is C48H42O3. The van der Waals surface area contributed by atoms with Crippen molar-refractivity contribution in [2.75, 3.05) is 0 Å². The van der Waals surface area contributed by atoms with Gasteiger partial charge < -0.3 is 13.3 Å². The van der Waals surface area contributed by atoms with Gasteiger partial charge in [0.25, 0.3) is 0 Å². The Hall–Kier alpha value is -6.06. The monoisotopic (exact) mass is 666 g/mol. The molecule has 51 heavy (non-hydrogen) atoms. The van der Waals surface area contributed by atoms with Crippen LogP contribution in [0, 0.1) is 13.8 Å². The van der Waals surface area contributed by atoms with Crippen LogP contribution in [0.2, 0.25) is 0 Å². The second-order valence-corrected chi connectivity index (χ2v) is 12.3. The van der Waals surface area contributed by atoms with Gasteiger partial charge in [0.1, 0.15) is 33.5 Å². The van der Waals surface area contributed by atoms with Crippen LogP contribution < -0.4 is 0 Å². The fourth-order valence-electron chi connectivity index (χ4n) is 6.74. The number of furan rings is 3. The topological polar surface area (TPSA) is 39.4 Å². The molecule has 0 unspecified atom stereocenters. The molecule has 3 aromatic heterocycles. The standard InChI is InChI=1S/C31H20O2.C13H10O.2C2H6/c1-19-11-13-29-25(15-19)26-16-21(12-14-30(26)32-29)22-17-24(20-7-3-2-4-8-20)31-27(18-22)23-9-5-6-10-28(23)33-31;1-9-6-7-13-11(8-9)10-4-2-3-5-12(10)14-13;2*1-2/h2-18H,1H3;2-8H,1H3;2*1-2H3. The normalized spacial score (nSPS) is 10.9. The van der Waals surface area contributed by atoms with Gasteiger partial charge in [-0.25, -0.2) is 0 Å². The highest BCUT2D eigenvalue weighted by molar-refractivity contribution is 6.12. The number of rotatable bonds is 2. The van der Waals surface area contributed by atoms with Crippen molar-refractivity contribution in [3.8, 4) is 22.3 Å². The number of benzene rings is 7. The minimum absolute atomic E-state index is 0.911. The van der Waals surface area contributed by atoms with Gasteiger partial charge in [0.2, 0.25) is 0 Å². The van der Waals surface area contributed by atoms with Crippen molar-refractivity contribution >= 4 is 65.8 Å². The molecule has 0 bridgehead atoms. The van der Waals surface area contributed by atoms with Crippen LogP contribution in [0.5, 0.6) is 0 Å². The second kappa shape index (κ2) is 14.4. The van der Waals surface area contributed by atoms with Crippen LogP contribution in [0.15, 0.2) is 159 Å². The van der Waals surface area contributed by atoms with E-state index >= 15 is 0 Å². The van der Waals surface area contributed by atoms with Gasteiger partial charge in [-0.3, -0.25) is 0 Å². The van der Waals surface area contributed by atoms with Gasteiger partial charge >= 0.3 is 0 Å². The molecular weight excluding hydrogens is 625 g/mol. The zero-order chi connectivity index (χ0) is 35.5. The highest BCUT2D eigenvalue weighted by atomic mass is 16.3. The lowest BCUT2D eigenvalue weighted by molar-refractivity contribution is 0.668. The van der Waals surface area contributed by atoms with Crippen molar-refractivity contribution < 1.29 is 13.3 Å². The summed E-state index contributed by atoms with van der Waals surface area (Å²) in [5.74, 6) is 0. The number of hydrogen-bond acceptors (Lipinski definition) is 3. The molecule has 10 rings (SSSR count). The van der Waals surface area contributed by atoms with Gasteiger partial charge in [0.15, 0.2) is 0 Å². The van der Waals surface area contributed by atoms with Crippen LogP contribution in [-0.4, -0.2) is 0 Å². The van der Waals surface area contributed by atoms with Crippen LogP contribution >= 0.6 is 0 Å². The van der Waals surface area contributed by atoms with Crippen LogP contribution in [0.1, 0.15) is 38.8 Å². The molecule has 7 aromatic carbocycles. The number of hydrogen-bond donors (Lipinski definition) is 0. The molecule has 0 atom stereocenters. The lowest BCUT2D eigenvalue weighted by Crippen LogP contribution is -1.84. The van der Waals surface area contributed by atoms with Crippen molar-refractivity contribution in [2.24, 2.45) is 0 Å². The number of aryl methyl sites for hydroxylation is 2. The predicted molar refractivity (Wildman–Crippen MR) is 218 cm³/mol. The summed E-state index contributed by atoms with van der Waals surface area (Å²) in [6, 6.07) is 50.5. The Morgan fingerprint density at radius 3 is 1.39 bits per heavy atom. The molecule has 3 nitrogen and oxygen atoms in total. The van der Waals surface area contributed by atoms with E-state index < -0.39 is 0 Å². The largest absolute Gasteiger partial charge is 0.456 e. The first-order valence-electron chi connectivity index (χ1n) is 17.9. The van der Waals surface area contributed by atoms with Crippen molar-refractivity contribution in [1.82, 2.24) is 0 Å². The van der Waals surface area contributed by atoms with Crippen molar-refractivity contribution in [3.05, 3.63) is 157 Å². The minimum Gasteiger partial charge on any atom is -0.456 e. The van der Waals surface area contributed by atoms with E-state index in [0.717, 1.165) is 77.3 Å². The predicted octanol–water partition coefficient (Wildman–Crippen LogP) is 15.1. The van der Waals surface area contributed by atoms with E-state index in [1.807, 2.05) is 70.2 Å². The summed E-state index contributed by atoms with van der Waals surface area (Å²) in [7, 11) is 0. The van der Waals surface area contributed by atoms with E-state index in [1.54, 1.807) is 0 Å². The first kappa shape index (κ1) is 33.4. The fraction of sp³-hybridized carbons (Fsp3) is 0.125. The second-order valence-electron chi connectivity index (χ2n) is 12.3. The molecule has 3 heteroatoms. The lowest BCUT2D eigenvalue weighted by Gasteiger charge is -2.08. The van der Waals surface area contributed by atoms with E-state index in [0.29, 0.717) is 0 Å². The SMILES string of the molecule is CC.CC.Cc1ccc2oc3ccc(-c4cc(-c5ccccc5)c5oc6ccccc6c5c4)cc3c2c1.Cc1ccc2oc3ccccc3c2c1. The lowest BCUT2D eigenvalue weighted by atomic mass is 9.95. The Labute approximate surface area is 298 Å². The summed E-state index contributed by atoms with van der Waals surface area (Å²) < 4.78 is 18.1. The number of fused-ring (bicyclic) bond motifs is 9. The molecule has 0 saturated heterocycles. The van der Waals surface area contributed by atoms with E-state index in [-0.39, 0.29) is 0 Å². The molecule has 0 N–H and O–H groups in total. The summed E-state index contributed by atoms with van der Waals surface area (Å²) >= 11 is 0. The zero-order valence-corrected chi connectivity index (χ0v) is 30.1. The van der Waals surface area contributed by atoms with Gasteiger partial charge in [0.05, 0.1) is 0 Å². The summed E-state index contributed by atoms with van der Waals surface area (Å²) in [6.45, 7) is 12.2. The maximum atomic E-state index is 6.34. The smallest absolute Gasteiger partial charge is 0.143 e.